The van der Waals surface area contributed by atoms with Gasteiger partial charge >= 0.3 is 0 Å². The van der Waals surface area contributed by atoms with Crippen LogP contribution >= 0.6 is 0 Å². The number of pyridine rings is 1. The zero-order chi connectivity index (χ0) is 14.4. The molecular weight excluding hydrogens is 252 g/mol. The van der Waals surface area contributed by atoms with Crippen LogP contribution in [0.5, 0.6) is 0 Å². The Kier molecular flexibility index (Phi) is 4.45. The van der Waals surface area contributed by atoms with Crippen molar-refractivity contribution < 1.29 is 0 Å². The third kappa shape index (κ3) is 3.65. The normalized spacial score (nSPS) is 9.85. The van der Waals surface area contributed by atoms with Crippen LogP contribution in [-0.2, 0) is 6.54 Å². The average molecular weight is 268 g/mol. The predicted molar refractivity (Wildman–Crippen MR) is 77.2 cm³/mol. The van der Waals surface area contributed by atoms with Crippen LogP contribution in [0.4, 0.5) is 11.6 Å². The van der Waals surface area contributed by atoms with Crippen molar-refractivity contribution in [2.24, 2.45) is 0 Å². The van der Waals surface area contributed by atoms with E-state index in [0.717, 1.165) is 17.3 Å². The molecule has 102 valence electrons. The van der Waals surface area contributed by atoms with E-state index in [-0.39, 0.29) is 6.54 Å². The number of aryl methyl sites for hydroxylation is 1. The number of hydrogen-bond donors (Lipinski definition) is 1. The summed E-state index contributed by atoms with van der Waals surface area (Å²) in [7, 11) is 1.83. The summed E-state index contributed by atoms with van der Waals surface area (Å²) < 4.78 is 0. The second kappa shape index (κ2) is 6.48. The molecule has 2 aromatic heterocycles. The Labute approximate surface area is 118 Å². The van der Waals surface area contributed by atoms with Crippen molar-refractivity contribution in [3.05, 3.63) is 42.0 Å². The number of rotatable bonds is 5. The van der Waals surface area contributed by atoms with Gasteiger partial charge in [0.05, 0.1) is 18.3 Å². The Hall–Kier alpha value is -2.68. The van der Waals surface area contributed by atoms with Crippen molar-refractivity contribution in [2.75, 3.05) is 23.8 Å². The van der Waals surface area contributed by atoms with Gasteiger partial charge in [0.1, 0.15) is 24.0 Å². The molecule has 0 aromatic carbocycles. The molecule has 20 heavy (non-hydrogen) atoms. The molecule has 2 rings (SSSR count). The Balaban J connectivity index is 2.10. The lowest BCUT2D eigenvalue weighted by atomic mass is 10.3. The molecule has 0 amide bonds. The number of nitrogens with one attached hydrogen (secondary N) is 1. The van der Waals surface area contributed by atoms with Gasteiger partial charge < -0.3 is 10.2 Å². The van der Waals surface area contributed by atoms with Gasteiger partial charge in [0, 0.05) is 19.3 Å². The second-order valence-corrected chi connectivity index (χ2v) is 4.35. The zero-order valence-electron chi connectivity index (χ0n) is 11.5. The van der Waals surface area contributed by atoms with Gasteiger partial charge in [-0.3, -0.25) is 4.98 Å². The first-order valence-electron chi connectivity index (χ1n) is 6.26. The van der Waals surface area contributed by atoms with E-state index in [9.17, 15) is 0 Å². The third-order valence-electron chi connectivity index (χ3n) is 2.70. The minimum Gasteiger partial charge on any atom is -0.364 e. The summed E-state index contributed by atoms with van der Waals surface area (Å²) in [5, 5.41) is 11.9. The van der Waals surface area contributed by atoms with Gasteiger partial charge in [-0.15, -0.1) is 0 Å². The summed E-state index contributed by atoms with van der Waals surface area (Å²) in [6, 6.07) is 9.70. The quantitative estimate of drug-likeness (QED) is 0.832. The van der Waals surface area contributed by atoms with Gasteiger partial charge in [-0.2, -0.15) is 5.26 Å². The highest BCUT2D eigenvalue weighted by molar-refractivity contribution is 5.49. The van der Waals surface area contributed by atoms with E-state index in [2.05, 4.69) is 26.3 Å². The second-order valence-electron chi connectivity index (χ2n) is 4.35. The van der Waals surface area contributed by atoms with Crippen LogP contribution in [-0.4, -0.2) is 28.5 Å². The largest absolute Gasteiger partial charge is 0.364 e. The van der Waals surface area contributed by atoms with Crippen molar-refractivity contribution in [1.82, 2.24) is 15.0 Å². The van der Waals surface area contributed by atoms with Crippen LogP contribution in [0.15, 0.2) is 30.5 Å². The fourth-order valence-corrected chi connectivity index (χ4v) is 1.71. The summed E-state index contributed by atoms with van der Waals surface area (Å²) in [5.41, 5.74) is 0.940. The molecule has 6 nitrogen and oxygen atoms in total. The maximum Gasteiger partial charge on any atom is 0.134 e. The molecule has 0 saturated heterocycles. The van der Waals surface area contributed by atoms with Crippen LogP contribution < -0.4 is 10.2 Å². The maximum atomic E-state index is 8.73. The lowest BCUT2D eigenvalue weighted by Crippen LogP contribution is -2.19. The van der Waals surface area contributed by atoms with Gasteiger partial charge in [0.2, 0.25) is 0 Å². The van der Waals surface area contributed by atoms with Crippen LogP contribution in [0.25, 0.3) is 0 Å². The molecule has 2 heterocycles. The molecule has 0 bridgehead atoms. The van der Waals surface area contributed by atoms with Gasteiger partial charge in [-0.25, -0.2) is 9.97 Å². The minimum atomic E-state index is 0.288. The van der Waals surface area contributed by atoms with Crippen molar-refractivity contribution >= 4 is 11.6 Å². The maximum absolute atomic E-state index is 8.73. The number of anilines is 2. The minimum absolute atomic E-state index is 0.288. The van der Waals surface area contributed by atoms with E-state index in [4.69, 9.17) is 5.26 Å². The fourth-order valence-electron chi connectivity index (χ4n) is 1.71. The predicted octanol–water partition coefficient (Wildman–Crippen LogP) is 1.75. The summed E-state index contributed by atoms with van der Waals surface area (Å²) in [5.74, 6) is 2.11. The van der Waals surface area contributed by atoms with Gasteiger partial charge in [0.25, 0.3) is 0 Å². The first-order chi connectivity index (χ1) is 9.69. The van der Waals surface area contributed by atoms with Crippen LogP contribution in [0.3, 0.4) is 0 Å². The SMILES string of the molecule is Cc1nc(NCc2ccccn2)cc(N(C)CC#N)n1. The topological polar surface area (TPSA) is 77.7 Å². The van der Waals surface area contributed by atoms with E-state index in [1.807, 2.05) is 38.2 Å². The Morgan fingerprint density at radius 1 is 1.35 bits per heavy atom. The lowest BCUT2D eigenvalue weighted by molar-refractivity contribution is 0.941. The van der Waals surface area contributed by atoms with Gasteiger partial charge in [0.15, 0.2) is 0 Å². The molecule has 0 aliphatic rings. The number of aromatic nitrogens is 3. The first-order valence-corrected chi connectivity index (χ1v) is 6.26. The Bertz CT molecular complexity index is 605. The van der Waals surface area contributed by atoms with E-state index < -0.39 is 0 Å². The molecule has 0 atom stereocenters. The molecule has 6 heteroatoms. The molecule has 0 fully saturated rings. The molecule has 0 aliphatic heterocycles. The molecule has 0 unspecified atom stereocenters. The van der Waals surface area contributed by atoms with Crippen molar-refractivity contribution in [2.45, 2.75) is 13.5 Å². The zero-order valence-corrected chi connectivity index (χ0v) is 11.5. The highest BCUT2D eigenvalue weighted by atomic mass is 15.2. The number of nitriles is 1. The average Bonchev–Trinajstić information content (AvgIpc) is 2.46. The number of nitrogens with zero attached hydrogens (tertiary/aromatic N) is 5. The summed E-state index contributed by atoms with van der Waals surface area (Å²) in [6.45, 7) is 2.71. The highest BCUT2D eigenvalue weighted by Gasteiger charge is 2.06. The van der Waals surface area contributed by atoms with Gasteiger partial charge in [-0.05, 0) is 19.1 Å². The summed E-state index contributed by atoms with van der Waals surface area (Å²) in [4.78, 5) is 14.7. The molecule has 0 radical (unpaired) electrons. The first kappa shape index (κ1) is 13.7. The Morgan fingerprint density at radius 3 is 2.90 bits per heavy atom. The lowest BCUT2D eigenvalue weighted by Gasteiger charge is -2.15. The molecular formula is C14H16N6. The van der Waals surface area contributed by atoms with Crippen LogP contribution in [0, 0.1) is 18.3 Å². The third-order valence-corrected chi connectivity index (χ3v) is 2.70. The van der Waals surface area contributed by atoms with Crippen molar-refractivity contribution in [1.29, 1.82) is 5.26 Å². The molecule has 0 aliphatic carbocycles. The van der Waals surface area contributed by atoms with Crippen molar-refractivity contribution in [3.8, 4) is 6.07 Å². The van der Waals surface area contributed by atoms with E-state index in [1.54, 1.807) is 11.1 Å². The smallest absolute Gasteiger partial charge is 0.134 e. The standard InChI is InChI=1S/C14H16N6/c1-11-18-13(9-14(19-11)20(2)8-6-15)17-10-12-5-3-4-7-16-12/h3-5,7,9H,8,10H2,1-2H3,(H,17,18,19). The van der Waals surface area contributed by atoms with Crippen LogP contribution in [0.1, 0.15) is 11.5 Å². The molecule has 0 saturated carbocycles. The summed E-state index contributed by atoms with van der Waals surface area (Å²) >= 11 is 0. The van der Waals surface area contributed by atoms with E-state index in [0.29, 0.717) is 12.4 Å². The fraction of sp³-hybridized carbons (Fsp3) is 0.286. The van der Waals surface area contributed by atoms with Crippen LogP contribution in [0.2, 0.25) is 0 Å². The summed E-state index contributed by atoms with van der Waals surface area (Å²) in [6.07, 6.45) is 1.76. The van der Waals surface area contributed by atoms with Gasteiger partial charge in [-0.1, -0.05) is 6.07 Å². The Morgan fingerprint density at radius 2 is 2.20 bits per heavy atom. The highest BCUT2D eigenvalue weighted by Crippen LogP contribution is 2.14. The number of hydrogen-bond acceptors (Lipinski definition) is 6. The van der Waals surface area contributed by atoms with E-state index >= 15 is 0 Å². The van der Waals surface area contributed by atoms with Crippen molar-refractivity contribution in [3.63, 3.8) is 0 Å². The molecule has 1 N–H and O–H groups in total. The molecule has 0 spiro atoms. The molecule has 2 aromatic rings. The van der Waals surface area contributed by atoms with E-state index in [1.165, 1.54) is 0 Å². The monoisotopic (exact) mass is 268 g/mol.